The molecule has 20 heavy (non-hydrogen) atoms. The van der Waals surface area contributed by atoms with Crippen LogP contribution in [0.1, 0.15) is 15.9 Å². The van der Waals surface area contributed by atoms with Gasteiger partial charge in [0.25, 0.3) is 5.69 Å². The third-order valence-electron chi connectivity index (χ3n) is 2.69. The second kappa shape index (κ2) is 5.79. The molecule has 100 valence electrons. The average molecular weight is 269 g/mol. The van der Waals surface area contributed by atoms with Gasteiger partial charge in [0.1, 0.15) is 0 Å². The van der Waals surface area contributed by atoms with Gasteiger partial charge < -0.3 is 5.11 Å². The van der Waals surface area contributed by atoms with Crippen molar-refractivity contribution in [3.8, 4) is 0 Å². The highest BCUT2D eigenvalue weighted by Gasteiger charge is 2.15. The van der Waals surface area contributed by atoms with Crippen molar-refractivity contribution >= 4 is 17.5 Å². The maximum Gasteiger partial charge on any atom is 0.276 e. The molecule has 0 atom stereocenters. The van der Waals surface area contributed by atoms with E-state index in [9.17, 15) is 20.0 Å². The summed E-state index contributed by atoms with van der Waals surface area (Å²) in [6.45, 7) is 0. The number of hydrogen-bond donors (Lipinski definition) is 1. The minimum absolute atomic E-state index is 0.167. The minimum atomic E-state index is -0.580. The number of aliphatic hydroxyl groups is 1. The molecule has 0 aliphatic heterocycles. The van der Waals surface area contributed by atoms with E-state index in [1.54, 1.807) is 36.4 Å². The third kappa shape index (κ3) is 2.89. The standard InChI is InChI=1S/C15H11NO4/c17-14(15(18)11-6-2-1-3-7-11)10-12-8-4-5-9-13(12)16(19)20/h1-10,17H/b14-10-. The Balaban J connectivity index is 2.36. The van der Waals surface area contributed by atoms with Crippen LogP contribution >= 0.6 is 0 Å². The molecule has 1 N–H and O–H groups in total. The van der Waals surface area contributed by atoms with Crippen molar-refractivity contribution in [1.82, 2.24) is 0 Å². The SMILES string of the molecule is O=C(/C(O)=C/c1ccccc1[N+](=O)[O-])c1ccccc1. The van der Waals surface area contributed by atoms with Crippen LogP contribution < -0.4 is 0 Å². The Morgan fingerprint density at radius 3 is 2.30 bits per heavy atom. The number of para-hydroxylation sites is 1. The zero-order valence-corrected chi connectivity index (χ0v) is 10.4. The van der Waals surface area contributed by atoms with Gasteiger partial charge in [0.2, 0.25) is 5.78 Å². The predicted molar refractivity (Wildman–Crippen MR) is 74.5 cm³/mol. The van der Waals surface area contributed by atoms with Crippen LogP contribution in [0.3, 0.4) is 0 Å². The van der Waals surface area contributed by atoms with Crippen LogP contribution in [0.4, 0.5) is 5.69 Å². The van der Waals surface area contributed by atoms with Gasteiger partial charge >= 0.3 is 0 Å². The fourth-order valence-electron chi connectivity index (χ4n) is 1.73. The molecule has 0 radical (unpaired) electrons. The highest BCUT2D eigenvalue weighted by molar-refractivity contribution is 6.09. The van der Waals surface area contributed by atoms with Gasteiger partial charge in [-0.2, -0.15) is 0 Å². The van der Waals surface area contributed by atoms with E-state index in [0.717, 1.165) is 6.08 Å². The third-order valence-corrected chi connectivity index (χ3v) is 2.69. The highest BCUT2D eigenvalue weighted by Crippen LogP contribution is 2.21. The molecular weight excluding hydrogens is 258 g/mol. The first kappa shape index (κ1) is 13.5. The molecule has 2 aromatic carbocycles. The number of carbonyl (C=O) groups excluding carboxylic acids is 1. The average Bonchev–Trinajstić information content (AvgIpc) is 2.47. The summed E-state index contributed by atoms with van der Waals surface area (Å²) in [5, 5.41) is 20.7. The van der Waals surface area contributed by atoms with Crippen molar-refractivity contribution in [3.63, 3.8) is 0 Å². The number of nitro benzene ring substituents is 1. The lowest BCUT2D eigenvalue weighted by Crippen LogP contribution is -2.02. The second-order valence-electron chi connectivity index (χ2n) is 4.04. The second-order valence-corrected chi connectivity index (χ2v) is 4.04. The summed E-state index contributed by atoms with van der Waals surface area (Å²) in [6, 6.07) is 14.1. The molecule has 0 saturated heterocycles. The van der Waals surface area contributed by atoms with Gasteiger partial charge in [-0.25, -0.2) is 0 Å². The Labute approximate surface area is 115 Å². The topological polar surface area (TPSA) is 80.4 Å². The Bertz CT molecular complexity index is 677. The molecule has 5 heteroatoms. The molecule has 2 rings (SSSR count). The minimum Gasteiger partial charge on any atom is -0.504 e. The lowest BCUT2D eigenvalue weighted by atomic mass is 10.1. The van der Waals surface area contributed by atoms with Gasteiger partial charge in [-0.05, 0) is 12.1 Å². The van der Waals surface area contributed by atoms with Crippen molar-refractivity contribution in [3.05, 3.63) is 81.6 Å². The quantitative estimate of drug-likeness (QED) is 0.303. The number of carbonyl (C=O) groups is 1. The van der Waals surface area contributed by atoms with Gasteiger partial charge in [0.15, 0.2) is 5.76 Å². The van der Waals surface area contributed by atoms with E-state index in [4.69, 9.17) is 0 Å². The van der Waals surface area contributed by atoms with E-state index in [1.807, 2.05) is 0 Å². The summed E-state index contributed by atoms with van der Waals surface area (Å²) in [7, 11) is 0. The number of Topliss-reactive ketones (excluding diaryl/α,β-unsaturated/α-hetero) is 1. The van der Waals surface area contributed by atoms with Gasteiger partial charge in [0, 0.05) is 11.6 Å². The number of ketones is 1. The van der Waals surface area contributed by atoms with Gasteiger partial charge in [-0.3, -0.25) is 14.9 Å². The number of allylic oxidation sites excluding steroid dienone is 1. The van der Waals surface area contributed by atoms with E-state index in [2.05, 4.69) is 0 Å². The molecule has 0 unspecified atom stereocenters. The van der Waals surface area contributed by atoms with Crippen LogP contribution in [0.2, 0.25) is 0 Å². The number of aliphatic hydroxyl groups excluding tert-OH is 1. The predicted octanol–water partition coefficient (Wildman–Crippen LogP) is 3.38. The number of nitrogens with zero attached hydrogens (tertiary/aromatic N) is 1. The molecule has 2 aromatic rings. The molecule has 0 heterocycles. The van der Waals surface area contributed by atoms with E-state index in [-0.39, 0.29) is 11.3 Å². The normalized spacial score (nSPS) is 11.1. The van der Waals surface area contributed by atoms with Gasteiger partial charge in [-0.15, -0.1) is 0 Å². The van der Waals surface area contributed by atoms with Gasteiger partial charge in [0.05, 0.1) is 10.5 Å². The number of benzene rings is 2. The highest BCUT2D eigenvalue weighted by atomic mass is 16.6. The van der Waals surface area contributed by atoms with E-state index in [0.29, 0.717) is 5.56 Å². The Kier molecular flexibility index (Phi) is 3.91. The molecule has 5 nitrogen and oxygen atoms in total. The molecule has 0 spiro atoms. The van der Waals surface area contributed by atoms with E-state index >= 15 is 0 Å². The van der Waals surface area contributed by atoms with E-state index < -0.39 is 16.5 Å². The lowest BCUT2D eigenvalue weighted by Gasteiger charge is -2.01. The monoisotopic (exact) mass is 269 g/mol. The van der Waals surface area contributed by atoms with Crippen molar-refractivity contribution < 1.29 is 14.8 Å². The fraction of sp³-hybridized carbons (Fsp3) is 0. The first-order valence-corrected chi connectivity index (χ1v) is 5.83. The van der Waals surface area contributed by atoms with Crippen LogP contribution in [0, 0.1) is 10.1 Å². The molecule has 0 fully saturated rings. The summed E-state index contributed by atoms with van der Waals surface area (Å²) in [5.41, 5.74) is 0.332. The maximum atomic E-state index is 11.9. The van der Waals surface area contributed by atoms with E-state index in [1.165, 1.54) is 18.2 Å². The van der Waals surface area contributed by atoms with Crippen molar-refractivity contribution in [2.24, 2.45) is 0 Å². The van der Waals surface area contributed by atoms with Crippen molar-refractivity contribution in [1.29, 1.82) is 0 Å². The lowest BCUT2D eigenvalue weighted by molar-refractivity contribution is -0.385. The smallest absolute Gasteiger partial charge is 0.276 e. The first-order valence-electron chi connectivity index (χ1n) is 5.83. The summed E-state index contributed by atoms with van der Waals surface area (Å²) >= 11 is 0. The Morgan fingerprint density at radius 2 is 1.65 bits per heavy atom. The molecule has 0 aliphatic rings. The van der Waals surface area contributed by atoms with Crippen molar-refractivity contribution in [2.75, 3.05) is 0 Å². The number of hydrogen-bond acceptors (Lipinski definition) is 4. The van der Waals surface area contributed by atoms with Crippen LogP contribution in [-0.2, 0) is 0 Å². The zero-order valence-electron chi connectivity index (χ0n) is 10.4. The molecule has 0 saturated carbocycles. The molecular formula is C15H11NO4. The summed E-state index contributed by atoms with van der Waals surface area (Å²) < 4.78 is 0. The van der Waals surface area contributed by atoms with Crippen LogP contribution in [0.25, 0.3) is 6.08 Å². The fourth-order valence-corrected chi connectivity index (χ4v) is 1.73. The van der Waals surface area contributed by atoms with Crippen LogP contribution in [0.15, 0.2) is 60.4 Å². The first-order chi connectivity index (χ1) is 9.59. The molecule has 0 bridgehead atoms. The molecule has 0 aromatic heterocycles. The number of nitro groups is 1. The zero-order chi connectivity index (χ0) is 14.5. The molecule has 0 amide bonds. The van der Waals surface area contributed by atoms with Crippen LogP contribution in [0.5, 0.6) is 0 Å². The maximum absolute atomic E-state index is 11.9. The van der Waals surface area contributed by atoms with Gasteiger partial charge in [-0.1, -0.05) is 42.5 Å². The summed E-state index contributed by atoms with van der Waals surface area (Å²) in [5.74, 6) is -1.12. The Morgan fingerprint density at radius 1 is 1.05 bits per heavy atom. The number of rotatable bonds is 4. The largest absolute Gasteiger partial charge is 0.504 e. The van der Waals surface area contributed by atoms with Crippen molar-refractivity contribution in [2.45, 2.75) is 0 Å². The molecule has 0 aliphatic carbocycles. The van der Waals surface area contributed by atoms with Crippen LogP contribution in [-0.4, -0.2) is 15.8 Å². The Hall–Kier alpha value is -2.95. The summed E-state index contributed by atoms with van der Waals surface area (Å²) in [6.07, 6.45) is 1.10. The summed E-state index contributed by atoms with van der Waals surface area (Å²) in [4.78, 5) is 22.2.